The van der Waals surface area contributed by atoms with Crippen molar-refractivity contribution in [2.45, 2.75) is 13.3 Å². The Bertz CT molecular complexity index is 426. The van der Waals surface area contributed by atoms with E-state index in [2.05, 4.69) is 5.32 Å². The normalized spacial score (nSPS) is 14.1. The van der Waals surface area contributed by atoms with Crippen molar-refractivity contribution in [2.24, 2.45) is 0 Å². The van der Waals surface area contributed by atoms with Crippen molar-refractivity contribution < 1.29 is 14.3 Å². The minimum atomic E-state index is -0.176. The number of benzene rings is 1. The van der Waals surface area contributed by atoms with Gasteiger partial charge < -0.3 is 10.1 Å². The van der Waals surface area contributed by atoms with E-state index in [-0.39, 0.29) is 11.7 Å². The Kier molecular flexibility index (Phi) is 2.41. The number of para-hydroxylation sites is 1. The summed E-state index contributed by atoms with van der Waals surface area (Å²) >= 11 is 0. The van der Waals surface area contributed by atoms with E-state index in [9.17, 15) is 9.59 Å². The zero-order chi connectivity index (χ0) is 10.8. The third kappa shape index (κ3) is 1.83. The highest BCUT2D eigenvalue weighted by molar-refractivity contribution is 6.03. The zero-order valence-corrected chi connectivity index (χ0v) is 8.37. The highest BCUT2D eigenvalue weighted by Gasteiger charge is 2.21. The van der Waals surface area contributed by atoms with E-state index in [0.29, 0.717) is 30.0 Å². The van der Waals surface area contributed by atoms with Crippen molar-refractivity contribution >= 4 is 17.4 Å². The van der Waals surface area contributed by atoms with Gasteiger partial charge in [-0.1, -0.05) is 6.07 Å². The van der Waals surface area contributed by atoms with Crippen LogP contribution in [0.5, 0.6) is 5.75 Å². The van der Waals surface area contributed by atoms with Crippen molar-refractivity contribution in [3.63, 3.8) is 0 Å². The molecule has 0 aliphatic carbocycles. The summed E-state index contributed by atoms with van der Waals surface area (Å²) in [5, 5.41) is 2.64. The Hall–Kier alpha value is -1.84. The zero-order valence-electron chi connectivity index (χ0n) is 8.37. The largest absolute Gasteiger partial charge is 0.490 e. The van der Waals surface area contributed by atoms with Crippen LogP contribution in [0.4, 0.5) is 5.69 Å². The van der Waals surface area contributed by atoms with Gasteiger partial charge in [0.1, 0.15) is 0 Å². The van der Waals surface area contributed by atoms with Gasteiger partial charge in [-0.25, -0.2) is 0 Å². The molecule has 1 amide bonds. The van der Waals surface area contributed by atoms with Gasteiger partial charge in [-0.3, -0.25) is 9.59 Å². The van der Waals surface area contributed by atoms with Crippen molar-refractivity contribution in [3.05, 3.63) is 23.8 Å². The highest BCUT2D eigenvalue weighted by Crippen LogP contribution is 2.32. The van der Waals surface area contributed by atoms with Gasteiger partial charge in [-0.2, -0.15) is 0 Å². The monoisotopic (exact) mass is 205 g/mol. The lowest BCUT2D eigenvalue weighted by Crippen LogP contribution is -2.17. The number of anilines is 1. The standard InChI is InChI=1S/C11H11NO3/c1-7(13)12-9-4-2-3-8-10(14)5-6-15-11(8)9/h2-4H,5-6H2,1H3,(H,12,13). The van der Waals surface area contributed by atoms with Crippen LogP contribution < -0.4 is 10.1 Å². The summed E-state index contributed by atoms with van der Waals surface area (Å²) in [4.78, 5) is 22.5. The van der Waals surface area contributed by atoms with Gasteiger partial charge in [0.05, 0.1) is 17.9 Å². The van der Waals surface area contributed by atoms with Crippen LogP contribution in [0.1, 0.15) is 23.7 Å². The average molecular weight is 205 g/mol. The molecule has 0 fully saturated rings. The van der Waals surface area contributed by atoms with E-state index in [1.807, 2.05) is 0 Å². The molecule has 0 bridgehead atoms. The van der Waals surface area contributed by atoms with Crippen LogP contribution in [0.3, 0.4) is 0 Å². The van der Waals surface area contributed by atoms with Gasteiger partial charge in [-0.15, -0.1) is 0 Å². The van der Waals surface area contributed by atoms with E-state index < -0.39 is 0 Å². The first-order chi connectivity index (χ1) is 7.18. The lowest BCUT2D eigenvalue weighted by atomic mass is 10.0. The molecule has 15 heavy (non-hydrogen) atoms. The third-order valence-corrected chi connectivity index (χ3v) is 2.20. The van der Waals surface area contributed by atoms with Gasteiger partial charge in [-0.05, 0) is 12.1 Å². The summed E-state index contributed by atoms with van der Waals surface area (Å²) < 4.78 is 5.39. The predicted molar refractivity (Wildman–Crippen MR) is 55.2 cm³/mol. The Morgan fingerprint density at radius 1 is 1.47 bits per heavy atom. The first-order valence-electron chi connectivity index (χ1n) is 4.75. The molecule has 0 aromatic heterocycles. The number of hydrogen-bond donors (Lipinski definition) is 1. The molecule has 0 unspecified atom stereocenters. The molecule has 0 saturated heterocycles. The second kappa shape index (κ2) is 3.73. The highest BCUT2D eigenvalue weighted by atomic mass is 16.5. The summed E-state index contributed by atoms with van der Waals surface area (Å²) in [6, 6.07) is 5.16. The molecule has 0 atom stereocenters. The van der Waals surface area contributed by atoms with Crippen LogP contribution >= 0.6 is 0 Å². The maximum Gasteiger partial charge on any atom is 0.221 e. The van der Waals surface area contributed by atoms with Gasteiger partial charge in [0, 0.05) is 13.3 Å². The molecule has 2 rings (SSSR count). The summed E-state index contributed by atoms with van der Waals surface area (Å²) in [7, 11) is 0. The molecule has 0 saturated carbocycles. The predicted octanol–water partition coefficient (Wildman–Crippen LogP) is 1.61. The molecule has 0 spiro atoms. The molecular weight excluding hydrogens is 194 g/mol. The third-order valence-electron chi connectivity index (χ3n) is 2.20. The molecular formula is C11H11NO3. The number of nitrogens with one attached hydrogen (secondary N) is 1. The number of hydrogen-bond acceptors (Lipinski definition) is 3. The first kappa shape index (κ1) is 9.71. The van der Waals surface area contributed by atoms with Crippen LogP contribution in [0.15, 0.2) is 18.2 Å². The van der Waals surface area contributed by atoms with Crippen molar-refractivity contribution in [1.29, 1.82) is 0 Å². The van der Waals surface area contributed by atoms with Crippen molar-refractivity contribution in [1.82, 2.24) is 0 Å². The molecule has 78 valence electrons. The molecule has 1 N–H and O–H groups in total. The van der Waals surface area contributed by atoms with E-state index in [4.69, 9.17) is 4.74 Å². The van der Waals surface area contributed by atoms with Crippen molar-refractivity contribution in [3.8, 4) is 5.75 Å². The van der Waals surface area contributed by atoms with Gasteiger partial charge in [0.25, 0.3) is 0 Å². The summed E-state index contributed by atoms with van der Waals surface area (Å²) in [5.41, 5.74) is 1.11. The van der Waals surface area contributed by atoms with Crippen molar-refractivity contribution in [2.75, 3.05) is 11.9 Å². The van der Waals surface area contributed by atoms with Crippen LogP contribution in [-0.2, 0) is 4.79 Å². The lowest BCUT2D eigenvalue weighted by Gasteiger charge is -2.19. The number of fused-ring (bicyclic) bond motifs is 1. The maximum absolute atomic E-state index is 11.5. The SMILES string of the molecule is CC(=O)Nc1cccc2c1OCCC2=O. The van der Waals surface area contributed by atoms with Gasteiger partial charge in [0.15, 0.2) is 11.5 Å². The summed E-state index contributed by atoms with van der Waals surface area (Å²) in [6.45, 7) is 1.80. The van der Waals surface area contributed by atoms with Gasteiger partial charge in [0.2, 0.25) is 5.91 Å². The topological polar surface area (TPSA) is 55.4 Å². The quantitative estimate of drug-likeness (QED) is 0.757. The fourth-order valence-electron chi connectivity index (χ4n) is 1.58. The number of amides is 1. The molecule has 1 heterocycles. The second-order valence-electron chi connectivity index (χ2n) is 3.39. The molecule has 1 aromatic rings. The van der Waals surface area contributed by atoms with E-state index >= 15 is 0 Å². The number of ketones is 1. The minimum absolute atomic E-state index is 0.0588. The number of rotatable bonds is 1. The van der Waals surface area contributed by atoms with E-state index in [1.54, 1.807) is 18.2 Å². The van der Waals surface area contributed by atoms with E-state index in [0.717, 1.165) is 0 Å². The van der Waals surface area contributed by atoms with E-state index in [1.165, 1.54) is 6.92 Å². The maximum atomic E-state index is 11.5. The summed E-state index contributed by atoms with van der Waals surface area (Å²) in [6.07, 6.45) is 0.399. The molecule has 4 nitrogen and oxygen atoms in total. The molecule has 0 radical (unpaired) electrons. The fraction of sp³-hybridized carbons (Fsp3) is 0.273. The summed E-state index contributed by atoms with van der Waals surface area (Å²) in [5.74, 6) is 0.373. The Morgan fingerprint density at radius 2 is 2.27 bits per heavy atom. The molecule has 1 aromatic carbocycles. The van der Waals surface area contributed by atoms with Crippen LogP contribution in [-0.4, -0.2) is 18.3 Å². The number of carbonyl (C=O) groups is 2. The molecule has 1 aliphatic heterocycles. The second-order valence-corrected chi connectivity index (χ2v) is 3.39. The molecule has 1 aliphatic rings. The van der Waals surface area contributed by atoms with Gasteiger partial charge >= 0.3 is 0 Å². The number of ether oxygens (including phenoxy) is 1. The Labute approximate surface area is 87.2 Å². The van der Waals surface area contributed by atoms with Crippen LogP contribution in [0, 0.1) is 0 Å². The molecule has 4 heteroatoms. The van der Waals surface area contributed by atoms with Crippen LogP contribution in [0.25, 0.3) is 0 Å². The Morgan fingerprint density at radius 3 is 3.00 bits per heavy atom. The lowest BCUT2D eigenvalue weighted by molar-refractivity contribution is -0.114. The van der Waals surface area contributed by atoms with Crippen LogP contribution in [0.2, 0.25) is 0 Å². The first-order valence-corrected chi connectivity index (χ1v) is 4.75. The Balaban J connectivity index is 2.44. The minimum Gasteiger partial charge on any atom is -0.490 e. The fourth-order valence-corrected chi connectivity index (χ4v) is 1.58. The smallest absolute Gasteiger partial charge is 0.221 e. The number of carbonyl (C=O) groups excluding carboxylic acids is 2. The average Bonchev–Trinajstić information content (AvgIpc) is 2.19. The number of Topliss-reactive ketones (excluding diaryl/α,β-unsaturated/α-hetero) is 1.